The number of allylic oxidation sites excluding steroid dienone is 1. The zero-order valence-electron chi connectivity index (χ0n) is 13.6. The van der Waals surface area contributed by atoms with Gasteiger partial charge in [-0.15, -0.1) is 0 Å². The molecule has 1 aromatic rings. The van der Waals surface area contributed by atoms with Gasteiger partial charge in [0.05, 0.1) is 0 Å². The van der Waals surface area contributed by atoms with Gasteiger partial charge in [-0.25, -0.2) is 0 Å². The molecule has 0 saturated carbocycles. The summed E-state index contributed by atoms with van der Waals surface area (Å²) in [5.74, 6) is 0.157. The zero-order valence-corrected chi connectivity index (χ0v) is 13.6. The monoisotopic (exact) mass is 300 g/mol. The van der Waals surface area contributed by atoms with Gasteiger partial charge in [0.15, 0.2) is 0 Å². The summed E-state index contributed by atoms with van der Waals surface area (Å²) in [7, 11) is 0. The van der Waals surface area contributed by atoms with Crippen LogP contribution in [0.3, 0.4) is 0 Å². The lowest BCUT2D eigenvalue weighted by atomic mass is 10.1. The molecule has 0 bridgehead atoms. The molecule has 0 atom stereocenters. The van der Waals surface area contributed by atoms with E-state index in [1.54, 1.807) is 4.90 Å². The van der Waals surface area contributed by atoms with Gasteiger partial charge in [0, 0.05) is 38.2 Å². The predicted octanol–water partition coefficient (Wildman–Crippen LogP) is 2.52. The summed E-state index contributed by atoms with van der Waals surface area (Å²) >= 11 is 0. The fourth-order valence-corrected chi connectivity index (χ4v) is 2.60. The smallest absolute Gasteiger partial charge is 0.249 e. The minimum absolute atomic E-state index is 0.0352. The third-order valence-electron chi connectivity index (χ3n) is 4.27. The van der Waals surface area contributed by atoms with Crippen molar-refractivity contribution in [1.29, 1.82) is 0 Å². The van der Waals surface area contributed by atoms with Crippen molar-refractivity contribution in [3.8, 4) is 0 Å². The van der Waals surface area contributed by atoms with Crippen LogP contribution in [0.25, 0.3) is 0 Å². The van der Waals surface area contributed by atoms with Crippen LogP contribution in [0.1, 0.15) is 31.4 Å². The summed E-state index contributed by atoms with van der Waals surface area (Å²) in [5.41, 5.74) is 3.09. The van der Waals surface area contributed by atoms with Crippen molar-refractivity contribution in [2.75, 3.05) is 19.6 Å². The number of aryl methyl sites for hydroxylation is 1. The van der Waals surface area contributed by atoms with Crippen LogP contribution in [0.15, 0.2) is 35.9 Å². The van der Waals surface area contributed by atoms with Crippen molar-refractivity contribution >= 4 is 11.8 Å². The number of nitrogens with zero attached hydrogens (tertiary/aromatic N) is 2. The van der Waals surface area contributed by atoms with Crippen molar-refractivity contribution in [2.24, 2.45) is 0 Å². The standard InChI is InChI=1S/C18H24N2O2/c1-4-14(2)18(22)19-10-9-17(21)20(12-11-19)13-16-8-6-5-7-15(16)3/h4-8H,9-13H2,1-3H3. The van der Waals surface area contributed by atoms with E-state index >= 15 is 0 Å². The Morgan fingerprint density at radius 1 is 1.23 bits per heavy atom. The van der Waals surface area contributed by atoms with Gasteiger partial charge < -0.3 is 9.80 Å². The third kappa shape index (κ3) is 3.75. The predicted molar refractivity (Wildman–Crippen MR) is 87.2 cm³/mol. The fraction of sp³-hybridized carbons (Fsp3) is 0.444. The molecule has 0 spiro atoms. The highest BCUT2D eigenvalue weighted by atomic mass is 16.2. The molecule has 0 aromatic heterocycles. The first-order chi connectivity index (χ1) is 10.5. The van der Waals surface area contributed by atoms with Gasteiger partial charge in [0.2, 0.25) is 11.8 Å². The van der Waals surface area contributed by atoms with E-state index in [0.717, 1.165) is 5.57 Å². The molecule has 1 saturated heterocycles. The number of rotatable bonds is 3. The van der Waals surface area contributed by atoms with Gasteiger partial charge in [-0.1, -0.05) is 30.3 Å². The highest BCUT2D eigenvalue weighted by Gasteiger charge is 2.24. The molecular weight excluding hydrogens is 276 g/mol. The van der Waals surface area contributed by atoms with Gasteiger partial charge in [0.1, 0.15) is 0 Å². The molecule has 4 nitrogen and oxygen atoms in total. The van der Waals surface area contributed by atoms with Gasteiger partial charge in [-0.05, 0) is 31.9 Å². The Labute approximate surface area is 132 Å². The molecule has 0 unspecified atom stereocenters. The molecule has 1 aliphatic rings. The molecule has 1 fully saturated rings. The first-order valence-corrected chi connectivity index (χ1v) is 7.77. The maximum Gasteiger partial charge on any atom is 0.249 e. The first-order valence-electron chi connectivity index (χ1n) is 7.77. The van der Waals surface area contributed by atoms with Crippen molar-refractivity contribution in [1.82, 2.24) is 9.80 Å². The Kier molecular flexibility index (Phi) is 5.36. The van der Waals surface area contributed by atoms with Crippen LogP contribution in [0.5, 0.6) is 0 Å². The number of carbonyl (C=O) groups excluding carboxylic acids is 2. The van der Waals surface area contributed by atoms with Crippen molar-refractivity contribution in [3.63, 3.8) is 0 Å². The van der Waals surface area contributed by atoms with Crippen molar-refractivity contribution in [2.45, 2.75) is 33.7 Å². The Hall–Kier alpha value is -2.10. The summed E-state index contributed by atoms with van der Waals surface area (Å²) < 4.78 is 0. The lowest BCUT2D eigenvalue weighted by Crippen LogP contribution is -2.36. The molecule has 0 radical (unpaired) electrons. The van der Waals surface area contributed by atoms with E-state index in [2.05, 4.69) is 19.1 Å². The van der Waals surface area contributed by atoms with Crippen LogP contribution in [0, 0.1) is 6.92 Å². The van der Waals surface area contributed by atoms with Gasteiger partial charge in [-0.2, -0.15) is 0 Å². The third-order valence-corrected chi connectivity index (χ3v) is 4.27. The van der Waals surface area contributed by atoms with Crippen LogP contribution in [-0.2, 0) is 16.1 Å². The van der Waals surface area contributed by atoms with E-state index in [1.165, 1.54) is 11.1 Å². The van der Waals surface area contributed by atoms with Crippen LogP contribution in [-0.4, -0.2) is 41.2 Å². The average molecular weight is 300 g/mol. The maximum atomic E-state index is 12.3. The number of benzene rings is 1. The molecule has 1 aliphatic heterocycles. The summed E-state index contributed by atoms with van der Waals surface area (Å²) in [5, 5.41) is 0. The topological polar surface area (TPSA) is 40.6 Å². The lowest BCUT2D eigenvalue weighted by Gasteiger charge is -2.23. The Bertz CT molecular complexity index is 593. The molecule has 22 heavy (non-hydrogen) atoms. The van der Waals surface area contributed by atoms with E-state index in [0.29, 0.717) is 32.6 Å². The quantitative estimate of drug-likeness (QED) is 0.805. The fourth-order valence-electron chi connectivity index (χ4n) is 2.60. The van der Waals surface area contributed by atoms with E-state index in [9.17, 15) is 9.59 Å². The maximum absolute atomic E-state index is 12.3. The Morgan fingerprint density at radius 3 is 2.64 bits per heavy atom. The number of carbonyl (C=O) groups is 2. The zero-order chi connectivity index (χ0) is 16.1. The molecule has 2 amide bonds. The molecule has 2 rings (SSSR count). The summed E-state index contributed by atoms with van der Waals surface area (Å²) in [4.78, 5) is 28.2. The van der Waals surface area contributed by atoms with Crippen LogP contribution in [0.2, 0.25) is 0 Å². The second kappa shape index (κ2) is 7.25. The second-order valence-electron chi connectivity index (χ2n) is 5.76. The van der Waals surface area contributed by atoms with Crippen molar-refractivity contribution in [3.05, 3.63) is 47.0 Å². The van der Waals surface area contributed by atoms with E-state index in [4.69, 9.17) is 0 Å². The van der Waals surface area contributed by atoms with Gasteiger partial charge >= 0.3 is 0 Å². The Balaban J connectivity index is 2.05. The van der Waals surface area contributed by atoms with Crippen LogP contribution in [0.4, 0.5) is 0 Å². The van der Waals surface area contributed by atoms with Crippen LogP contribution >= 0.6 is 0 Å². The summed E-state index contributed by atoms with van der Waals surface area (Å²) in [6.07, 6.45) is 2.22. The average Bonchev–Trinajstić information content (AvgIpc) is 2.70. The first kappa shape index (κ1) is 16.3. The molecular formula is C18H24N2O2. The minimum Gasteiger partial charge on any atom is -0.337 e. The van der Waals surface area contributed by atoms with E-state index < -0.39 is 0 Å². The molecule has 1 heterocycles. The highest BCUT2D eigenvalue weighted by molar-refractivity contribution is 5.93. The SMILES string of the molecule is CC=C(C)C(=O)N1CCC(=O)N(Cc2ccccc2C)CC1. The summed E-state index contributed by atoms with van der Waals surface area (Å²) in [6, 6.07) is 8.11. The van der Waals surface area contributed by atoms with E-state index in [1.807, 2.05) is 37.0 Å². The second-order valence-corrected chi connectivity index (χ2v) is 5.76. The Morgan fingerprint density at radius 2 is 1.95 bits per heavy atom. The normalized spacial score (nSPS) is 16.7. The number of amides is 2. The van der Waals surface area contributed by atoms with Gasteiger partial charge in [0.25, 0.3) is 0 Å². The number of hydrogen-bond acceptors (Lipinski definition) is 2. The van der Waals surface area contributed by atoms with E-state index in [-0.39, 0.29) is 11.8 Å². The van der Waals surface area contributed by atoms with Crippen molar-refractivity contribution < 1.29 is 9.59 Å². The molecule has 0 aliphatic carbocycles. The summed E-state index contributed by atoms with van der Waals surface area (Å²) in [6.45, 7) is 8.06. The van der Waals surface area contributed by atoms with Gasteiger partial charge in [-0.3, -0.25) is 9.59 Å². The lowest BCUT2D eigenvalue weighted by molar-refractivity contribution is -0.130. The highest BCUT2D eigenvalue weighted by Crippen LogP contribution is 2.14. The molecule has 4 heteroatoms. The largest absolute Gasteiger partial charge is 0.337 e. The van der Waals surface area contributed by atoms with Crippen LogP contribution < -0.4 is 0 Å². The molecule has 118 valence electrons. The minimum atomic E-state index is 0.0352. The molecule has 1 aromatic carbocycles. The number of hydrogen-bond donors (Lipinski definition) is 0. The molecule has 0 N–H and O–H groups in total.